The fourth-order valence-electron chi connectivity index (χ4n) is 5.49. The SMILES string of the molecule is CN[C@@H]1C(O)C(OC2C(O)C(O[C@H]3O[C@H](CNCCF)CCC3N)[C@@H](N)C[C@H]2NC(=O)[C@@H](O)CN)OCC1(C)O. The Kier molecular flexibility index (Phi) is 12.4. The van der Waals surface area contributed by atoms with Crippen LogP contribution in [0, 0.1) is 0 Å². The van der Waals surface area contributed by atoms with Crippen molar-refractivity contribution in [2.75, 3.05) is 40.0 Å². The number of nitrogens with one attached hydrogen (secondary N) is 3. The predicted octanol–water partition coefficient (Wildman–Crippen LogP) is -4.90. The molecule has 15 nitrogen and oxygen atoms in total. The van der Waals surface area contributed by atoms with E-state index in [0.29, 0.717) is 19.4 Å². The number of aliphatic hydroxyl groups is 4. The van der Waals surface area contributed by atoms with Gasteiger partial charge in [0.25, 0.3) is 0 Å². The molecule has 13 N–H and O–H groups in total. The van der Waals surface area contributed by atoms with Gasteiger partial charge in [-0.05, 0) is 33.2 Å². The Morgan fingerprint density at radius 2 is 1.85 bits per heavy atom. The van der Waals surface area contributed by atoms with Crippen LogP contribution < -0.4 is 33.2 Å². The molecule has 0 aromatic carbocycles. The highest BCUT2D eigenvalue weighted by molar-refractivity contribution is 5.81. The quantitative estimate of drug-likeness (QED) is 0.0969. The number of carbonyl (C=O) groups is 1. The zero-order valence-corrected chi connectivity index (χ0v) is 23.0. The summed E-state index contributed by atoms with van der Waals surface area (Å²) in [5.74, 6) is -0.790. The smallest absolute Gasteiger partial charge is 0.250 e. The molecule has 3 rings (SSSR count). The Morgan fingerprint density at radius 3 is 2.50 bits per heavy atom. The molecule has 2 heterocycles. The van der Waals surface area contributed by atoms with Gasteiger partial charge < -0.3 is 72.5 Å². The van der Waals surface area contributed by atoms with Gasteiger partial charge in [0.05, 0.1) is 30.8 Å². The van der Waals surface area contributed by atoms with Crippen LogP contribution >= 0.6 is 0 Å². The number of ether oxygens (including phenoxy) is 4. The van der Waals surface area contributed by atoms with E-state index in [1.165, 1.54) is 6.92 Å². The number of carbonyl (C=O) groups excluding carboxylic acids is 1. The van der Waals surface area contributed by atoms with Crippen LogP contribution in [0.1, 0.15) is 26.2 Å². The lowest BCUT2D eigenvalue weighted by molar-refractivity contribution is -0.307. The zero-order valence-electron chi connectivity index (χ0n) is 23.0. The molecule has 0 spiro atoms. The Balaban J connectivity index is 1.78. The van der Waals surface area contributed by atoms with Gasteiger partial charge in [0.2, 0.25) is 5.91 Å². The predicted molar refractivity (Wildman–Crippen MR) is 139 cm³/mol. The van der Waals surface area contributed by atoms with Gasteiger partial charge in [-0.1, -0.05) is 0 Å². The molecule has 2 saturated heterocycles. The zero-order chi connectivity index (χ0) is 29.6. The number of rotatable bonds is 12. The lowest BCUT2D eigenvalue weighted by Crippen LogP contribution is -2.69. The van der Waals surface area contributed by atoms with E-state index in [1.54, 1.807) is 7.05 Å². The minimum atomic E-state index is -1.50. The van der Waals surface area contributed by atoms with Crippen LogP contribution in [0.2, 0.25) is 0 Å². The number of hydrogen-bond donors (Lipinski definition) is 10. The van der Waals surface area contributed by atoms with Gasteiger partial charge in [0.15, 0.2) is 12.6 Å². The number of hydrogen-bond acceptors (Lipinski definition) is 14. The summed E-state index contributed by atoms with van der Waals surface area (Å²) >= 11 is 0. The van der Waals surface area contributed by atoms with Crippen molar-refractivity contribution in [2.45, 2.75) is 105 Å². The largest absolute Gasteiger partial charge is 0.388 e. The first kappa shape index (κ1) is 33.4. The topological polar surface area (TPSA) is 249 Å². The summed E-state index contributed by atoms with van der Waals surface area (Å²) in [4.78, 5) is 12.5. The molecule has 0 bridgehead atoms. The van der Waals surface area contributed by atoms with E-state index in [9.17, 15) is 29.6 Å². The van der Waals surface area contributed by atoms with Crippen molar-refractivity contribution in [2.24, 2.45) is 17.2 Å². The van der Waals surface area contributed by atoms with Gasteiger partial charge in [-0.25, -0.2) is 4.39 Å². The van der Waals surface area contributed by atoms with E-state index in [2.05, 4.69) is 16.0 Å². The lowest BCUT2D eigenvalue weighted by atomic mass is 9.83. The third kappa shape index (κ3) is 8.03. The third-order valence-electron chi connectivity index (χ3n) is 7.74. The van der Waals surface area contributed by atoms with E-state index in [0.717, 1.165) is 0 Å². The highest BCUT2D eigenvalue weighted by Gasteiger charge is 2.52. The maximum Gasteiger partial charge on any atom is 0.250 e. The van der Waals surface area contributed by atoms with Crippen molar-refractivity contribution in [3.05, 3.63) is 0 Å². The molecular formula is C24H47FN6O9. The molecule has 7 unspecified atom stereocenters. The van der Waals surface area contributed by atoms with Crippen LogP contribution in [-0.2, 0) is 23.7 Å². The first-order valence-corrected chi connectivity index (χ1v) is 13.7. The Hall–Kier alpha value is -1.12. The van der Waals surface area contributed by atoms with E-state index in [1.807, 2.05) is 0 Å². The second-order valence-corrected chi connectivity index (χ2v) is 11.0. The molecule has 13 atom stereocenters. The van der Waals surface area contributed by atoms with Crippen molar-refractivity contribution in [1.29, 1.82) is 0 Å². The van der Waals surface area contributed by atoms with Crippen LogP contribution in [0.3, 0.4) is 0 Å². The summed E-state index contributed by atoms with van der Waals surface area (Å²) < 4.78 is 36.2. The molecule has 1 saturated carbocycles. The molecule has 0 radical (unpaired) electrons. The number of halogens is 1. The van der Waals surface area contributed by atoms with Crippen molar-refractivity contribution in [3.8, 4) is 0 Å². The summed E-state index contributed by atoms with van der Waals surface area (Å²) in [6.45, 7) is 1.06. The van der Waals surface area contributed by atoms with E-state index in [4.69, 9.17) is 36.1 Å². The summed E-state index contributed by atoms with van der Waals surface area (Å²) in [6, 6.07) is -3.09. The van der Waals surface area contributed by atoms with Gasteiger partial charge in [0.1, 0.15) is 42.8 Å². The highest BCUT2D eigenvalue weighted by atomic mass is 19.1. The van der Waals surface area contributed by atoms with Gasteiger partial charge in [0, 0.05) is 25.7 Å². The number of nitrogens with two attached hydrogens (primary N) is 3. The maximum atomic E-state index is 12.5. The van der Waals surface area contributed by atoms with Gasteiger partial charge >= 0.3 is 0 Å². The monoisotopic (exact) mass is 582 g/mol. The molecule has 40 heavy (non-hydrogen) atoms. The van der Waals surface area contributed by atoms with Gasteiger partial charge in [-0.2, -0.15) is 0 Å². The van der Waals surface area contributed by atoms with Crippen LogP contribution in [0.5, 0.6) is 0 Å². The second-order valence-electron chi connectivity index (χ2n) is 11.0. The van der Waals surface area contributed by atoms with Crippen LogP contribution in [0.25, 0.3) is 0 Å². The fraction of sp³-hybridized carbons (Fsp3) is 0.958. The molecule has 1 amide bonds. The fourth-order valence-corrected chi connectivity index (χ4v) is 5.49. The third-order valence-corrected chi connectivity index (χ3v) is 7.74. The van der Waals surface area contributed by atoms with Crippen molar-refractivity contribution < 1.29 is 48.6 Å². The van der Waals surface area contributed by atoms with Crippen molar-refractivity contribution >= 4 is 5.91 Å². The number of alkyl halides is 1. The normalized spacial score (nSPS) is 43.3. The molecular weight excluding hydrogens is 535 g/mol. The number of aliphatic hydroxyl groups excluding tert-OH is 3. The molecule has 234 valence electrons. The van der Waals surface area contributed by atoms with Crippen LogP contribution in [0.15, 0.2) is 0 Å². The molecule has 0 aromatic heterocycles. The summed E-state index contributed by atoms with van der Waals surface area (Å²) in [6.07, 6.45) is -7.87. The molecule has 2 aliphatic heterocycles. The molecule has 16 heteroatoms. The second kappa shape index (κ2) is 14.9. The first-order chi connectivity index (χ1) is 18.9. The Labute approximate surface area is 233 Å². The standard InChI is InChI=1S/C24H47FN6O9/c1-24(36)10-37-23(17(34)20(24)29-2)40-19-14(31-21(35)15(32)8-26)7-13(28)18(16(19)33)39-22-12(27)4-3-11(38-22)9-30-6-5-25/h11-20,22-23,29-30,32-34,36H,3-10,26-28H2,1-2H3,(H,31,35)/t11-,12?,13-,14+,15-,16?,17?,18?,19?,20+,22+,23?,24?/m0/s1. The number of likely N-dealkylation sites (N-methyl/N-ethyl adjacent to an activating group) is 1. The van der Waals surface area contributed by atoms with E-state index >= 15 is 0 Å². The average molecular weight is 583 g/mol. The molecule has 1 aliphatic carbocycles. The number of amides is 1. The van der Waals surface area contributed by atoms with Crippen molar-refractivity contribution in [3.63, 3.8) is 0 Å². The summed E-state index contributed by atoms with van der Waals surface area (Å²) in [5, 5.41) is 51.2. The minimum absolute atomic E-state index is 0.0505. The Morgan fingerprint density at radius 1 is 1.15 bits per heavy atom. The van der Waals surface area contributed by atoms with Gasteiger partial charge in [-0.15, -0.1) is 0 Å². The average Bonchev–Trinajstić information content (AvgIpc) is 2.91. The van der Waals surface area contributed by atoms with Crippen molar-refractivity contribution in [1.82, 2.24) is 16.0 Å². The molecule has 0 aromatic rings. The van der Waals surface area contributed by atoms with E-state index in [-0.39, 0.29) is 32.2 Å². The summed E-state index contributed by atoms with van der Waals surface area (Å²) in [7, 11) is 1.56. The van der Waals surface area contributed by atoms with Crippen LogP contribution in [0.4, 0.5) is 4.39 Å². The Bertz CT molecular complexity index is 804. The lowest BCUT2D eigenvalue weighted by Gasteiger charge is -2.49. The van der Waals surface area contributed by atoms with Gasteiger partial charge in [-0.3, -0.25) is 4.79 Å². The minimum Gasteiger partial charge on any atom is -0.388 e. The molecule has 3 fully saturated rings. The summed E-state index contributed by atoms with van der Waals surface area (Å²) in [5.41, 5.74) is 16.6. The first-order valence-electron chi connectivity index (χ1n) is 13.7. The van der Waals surface area contributed by atoms with E-state index < -0.39 is 85.5 Å². The maximum absolute atomic E-state index is 12.5. The van der Waals surface area contributed by atoms with Crippen LogP contribution in [-0.4, -0.2) is 145 Å². The highest BCUT2D eigenvalue weighted by Crippen LogP contribution is 2.32. The molecule has 3 aliphatic rings.